The second kappa shape index (κ2) is 2.66. The minimum Gasteiger partial charge on any atom is -0.266 e. The summed E-state index contributed by atoms with van der Waals surface area (Å²) >= 11 is 0. The van der Waals surface area contributed by atoms with Gasteiger partial charge in [0.15, 0.2) is 0 Å². The number of hydrogen-bond donors (Lipinski definition) is 2. The van der Waals surface area contributed by atoms with E-state index in [4.69, 9.17) is 5.14 Å². The number of rotatable bonds is 1. The number of aliphatic imine (C=N–C) groups is 1. The molecule has 2 aliphatic heterocycles. The van der Waals surface area contributed by atoms with Crippen LogP contribution in [0.25, 0.3) is 0 Å². The van der Waals surface area contributed by atoms with E-state index < -0.39 is 10.0 Å². The molecule has 2 aliphatic rings. The summed E-state index contributed by atoms with van der Waals surface area (Å²) in [4.78, 5) is 3.91. The summed E-state index contributed by atoms with van der Waals surface area (Å²) in [6, 6.07) is 0. The predicted molar refractivity (Wildman–Crippen MR) is 47.6 cm³/mol. The van der Waals surface area contributed by atoms with Crippen LogP contribution in [-0.4, -0.2) is 26.2 Å². The molecule has 0 atom stereocenters. The number of allylic oxidation sites excluding steroid dienone is 1. The van der Waals surface area contributed by atoms with Crippen LogP contribution in [0.4, 0.5) is 0 Å². The number of hydrazine groups is 1. The maximum Gasteiger partial charge on any atom is 0.241 e. The number of sulfonamides is 1. The Morgan fingerprint density at radius 1 is 1.62 bits per heavy atom. The Hall–Kier alpha value is -1.18. The van der Waals surface area contributed by atoms with Crippen molar-refractivity contribution in [2.45, 2.75) is 0 Å². The van der Waals surface area contributed by atoms with Crippen LogP contribution >= 0.6 is 0 Å². The maximum absolute atomic E-state index is 10.9. The van der Waals surface area contributed by atoms with Crippen molar-refractivity contribution >= 4 is 16.2 Å². The van der Waals surface area contributed by atoms with Crippen molar-refractivity contribution < 1.29 is 8.42 Å². The molecule has 7 heteroatoms. The fraction of sp³-hybridized carbons (Fsp3) is 0.167. The number of nitrogens with zero attached hydrogens (tertiary/aromatic N) is 2. The van der Waals surface area contributed by atoms with Gasteiger partial charge in [-0.25, -0.2) is 24.0 Å². The van der Waals surface area contributed by atoms with Gasteiger partial charge in [-0.15, -0.1) is 0 Å². The molecule has 0 radical (unpaired) electrons. The molecule has 6 nitrogen and oxygen atoms in total. The van der Waals surface area contributed by atoms with Gasteiger partial charge < -0.3 is 0 Å². The monoisotopic (exact) mass is 200 g/mol. The predicted octanol–water partition coefficient (Wildman–Crippen LogP) is -1.14. The summed E-state index contributed by atoms with van der Waals surface area (Å²) in [6.07, 6.45) is 4.48. The van der Waals surface area contributed by atoms with Crippen LogP contribution in [-0.2, 0) is 10.0 Å². The van der Waals surface area contributed by atoms with Gasteiger partial charge in [-0.1, -0.05) is 0 Å². The van der Waals surface area contributed by atoms with E-state index in [9.17, 15) is 8.42 Å². The van der Waals surface area contributed by atoms with Crippen LogP contribution in [0, 0.1) is 0 Å². The normalized spacial score (nSPS) is 21.2. The second-order valence-corrected chi connectivity index (χ2v) is 4.19. The van der Waals surface area contributed by atoms with Gasteiger partial charge in [-0.2, -0.15) is 0 Å². The van der Waals surface area contributed by atoms with Gasteiger partial charge in [0.2, 0.25) is 10.0 Å². The smallest absolute Gasteiger partial charge is 0.241 e. The Balaban J connectivity index is 2.38. The van der Waals surface area contributed by atoms with Crippen LogP contribution in [0.5, 0.6) is 0 Å². The quantitative estimate of drug-likeness (QED) is 0.560. The average molecular weight is 200 g/mol. The van der Waals surface area contributed by atoms with Crippen molar-refractivity contribution in [2.24, 2.45) is 10.1 Å². The Bertz CT molecular complexity index is 420. The zero-order valence-corrected chi connectivity index (χ0v) is 7.45. The van der Waals surface area contributed by atoms with E-state index in [1.165, 1.54) is 17.4 Å². The molecular weight excluding hydrogens is 192 g/mol. The largest absolute Gasteiger partial charge is 0.266 e. The number of fused-ring (bicyclic) bond motifs is 1. The van der Waals surface area contributed by atoms with E-state index in [2.05, 4.69) is 10.4 Å². The third-order valence-corrected chi connectivity index (χ3v) is 2.57. The molecule has 70 valence electrons. The first-order chi connectivity index (χ1) is 6.07. The van der Waals surface area contributed by atoms with E-state index in [1.54, 1.807) is 0 Å². The molecule has 0 aromatic carbocycles. The molecule has 3 N–H and O–H groups in total. The first-order valence-electron chi connectivity index (χ1n) is 3.59. The van der Waals surface area contributed by atoms with Gasteiger partial charge in [-0.3, -0.25) is 5.01 Å². The minimum absolute atomic E-state index is 0.000880. The molecule has 0 unspecified atom stereocenters. The number of hydrogen-bond acceptors (Lipinski definition) is 5. The number of primary sulfonamides is 1. The topological polar surface area (TPSA) is 87.8 Å². The lowest BCUT2D eigenvalue weighted by molar-refractivity contribution is 0.382. The molecule has 13 heavy (non-hydrogen) atoms. The molecule has 2 rings (SSSR count). The van der Waals surface area contributed by atoms with Crippen LogP contribution in [0.1, 0.15) is 0 Å². The lowest BCUT2D eigenvalue weighted by Gasteiger charge is -2.18. The molecule has 2 heterocycles. The second-order valence-electron chi connectivity index (χ2n) is 2.63. The Labute approximate surface area is 75.4 Å². The highest BCUT2D eigenvalue weighted by atomic mass is 32.2. The average Bonchev–Trinajstić information content (AvgIpc) is 2.47. The molecule has 0 amide bonds. The summed E-state index contributed by atoms with van der Waals surface area (Å²) in [5.74, 6) is 0.687. The van der Waals surface area contributed by atoms with Gasteiger partial charge in [0, 0.05) is 12.7 Å². The minimum atomic E-state index is -3.66. The Kier molecular flexibility index (Phi) is 1.72. The lowest BCUT2D eigenvalue weighted by atomic mass is 10.5. The fourth-order valence-electron chi connectivity index (χ4n) is 1.08. The van der Waals surface area contributed by atoms with Gasteiger partial charge >= 0.3 is 0 Å². The van der Waals surface area contributed by atoms with Crippen LogP contribution in [0.3, 0.4) is 0 Å². The van der Waals surface area contributed by atoms with Crippen LogP contribution < -0.4 is 10.6 Å². The summed E-state index contributed by atoms with van der Waals surface area (Å²) in [6.45, 7) is 0.640. The zero-order chi connectivity index (χ0) is 9.47. The molecule has 0 bridgehead atoms. The third-order valence-electron chi connectivity index (χ3n) is 1.70. The highest BCUT2D eigenvalue weighted by Gasteiger charge is 2.20. The maximum atomic E-state index is 10.9. The van der Waals surface area contributed by atoms with E-state index in [1.807, 2.05) is 6.08 Å². The first kappa shape index (κ1) is 8.42. The molecule has 0 saturated heterocycles. The molecule has 0 aromatic rings. The van der Waals surface area contributed by atoms with Crippen molar-refractivity contribution in [3.05, 3.63) is 23.0 Å². The SMILES string of the molecule is NS(=O)(=O)C1=CN2NCC=C2N=C1. The molecule has 0 spiro atoms. The Morgan fingerprint density at radius 2 is 2.38 bits per heavy atom. The van der Waals surface area contributed by atoms with Gasteiger partial charge in [0.05, 0.1) is 6.21 Å². The molecule has 0 aliphatic carbocycles. The highest BCUT2D eigenvalue weighted by Crippen LogP contribution is 2.16. The van der Waals surface area contributed by atoms with Crippen molar-refractivity contribution in [3.8, 4) is 0 Å². The van der Waals surface area contributed by atoms with Crippen LogP contribution in [0.2, 0.25) is 0 Å². The van der Waals surface area contributed by atoms with Crippen molar-refractivity contribution in [1.29, 1.82) is 0 Å². The molecular formula is C6H8N4O2S. The van der Waals surface area contributed by atoms with Gasteiger partial charge in [-0.05, 0) is 6.08 Å². The van der Waals surface area contributed by atoms with E-state index in [-0.39, 0.29) is 4.91 Å². The molecule has 0 fully saturated rings. The number of nitrogens with one attached hydrogen (secondary N) is 1. The van der Waals surface area contributed by atoms with Crippen molar-refractivity contribution in [3.63, 3.8) is 0 Å². The van der Waals surface area contributed by atoms with Gasteiger partial charge in [0.1, 0.15) is 10.7 Å². The molecule has 0 saturated carbocycles. The van der Waals surface area contributed by atoms with E-state index in [0.29, 0.717) is 12.4 Å². The lowest BCUT2D eigenvalue weighted by Crippen LogP contribution is -2.30. The Morgan fingerprint density at radius 3 is 3.08 bits per heavy atom. The standard InChI is InChI=1S/C6H8N4O2S/c7-13(11,12)5-3-8-6-1-2-9-10(6)4-5/h1,3-4,9H,2H2,(H2,7,11,12). The zero-order valence-electron chi connectivity index (χ0n) is 6.64. The summed E-state index contributed by atoms with van der Waals surface area (Å²) < 4.78 is 21.8. The van der Waals surface area contributed by atoms with E-state index >= 15 is 0 Å². The number of nitrogens with two attached hydrogens (primary N) is 1. The fourth-order valence-corrected chi connectivity index (χ4v) is 1.53. The van der Waals surface area contributed by atoms with Crippen molar-refractivity contribution in [2.75, 3.05) is 6.54 Å². The molecule has 0 aromatic heterocycles. The summed E-state index contributed by atoms with van der Waals surface area (Å²) in [5, 5.41) is 6.46. The highest BCUT2D eigenvalue weighted by molar-refractivity contribution is 7.93. The first-order valence-corrected chi connectivity index (χ1v) is 5.13. The third kappa shape index (κ3) is 1.48. The summed E-state index contributed by atoms with van der Waals surface area (Å²) in [7, 11) is -3.66. The van der Waals surface area contributed by atoms with Crippen molar-refractivity contribution in [1.82, 2.24) is 10.4 Å². The summed E-state index contributed by atoms with van der Waals surface area (Å²) in [5.41, 5.74) is 2.89. The van der Waals surface area contributed by atoms with Crippen LogP contribution in [0.15, 0.2) is 28.0 Å². The van der Waals surface area contributed by atoms with E-state index in [0.717, 1.165) is 0 Å². The van der Waals surface area contributed by atoms with Gasteiger partial charge in [0.25, 0.3) is 0 Å².